The number of hydrogen-bond donors (Lipinski definition) is 5. The highest BCUT2D eigenvalue weighted by Gasteiger charge is 2.30. The van der Waals surface area contributed by atoms with Crippen molar-refractivity contribution in [2.45, 2.75) is 57.5 Å². The van der Waals surface area contributed by atoms with Crippen molar-refractivity contribution in [3.8, 4) is 5.75 Å². The van der Waals surface area contributed by atoms with Crippen LogP contribution < -0.4 is 31.3 Å². The van der Waals surface area contributed by atoms with Crippen molar-refractivity contribution in [3.63, 3.8) is 0 Å². The van der Waals surface area contributed by atoms with E-state index >= 15 is 0 Å². The first-order chi connectivity index (χ1) is 21.2. The zero-order chi connectivity index (χ0) is 31.5. The molecule has 230 valence electrons. The molecule has 1 fully saturated rings. The molecule has 1 heterocycles. The maximum atomic E-state index is 13.3. The predicted molar refractivity (Wildman–Crippen MR) is 163 cm³/mol. The first-order valence-electron chi connectivity index (χ1n) is 14.5. The van der Waals surface area contributed by atoms with Gasteiger partial charge in [0.15, 0.2) is 0 Å². The topological polar surface area (TPSA) is 155 Å². The van der Waals surface area contributed by atoms with Crippen molar-refractivity contribution < 1.29 is 28.7 Å². The number of carbonyl (C=O) groups excluding carboxylic acids is 5. The van der Waals surface area contributed by atoms with E-state index in [1.807, 2.05) is 60.7 Å². The van der Waals surface area contributed by atoms with E-state index in [1.54, 1.807) is 24.3 Å². The number of amides is 5. The van der Waals surface area contributed by atoms with Gasteiger partial charge in [0.05, 0.1) is 6.54 Å². The summed E-state index contributed by atoms with van der Waals surface area (Å²) in [6, 6.07) is 21.9. The summed E-state index contributed by atoms with van der Waals surface area (Å²) in [5.41, 5.74) is 2.56. The molecule has 0 aliphatic carbocycles. The Kier molecular flexibility index (Phi) is 11.1. The van der Waals surface area contributed by atoms with Crippen LogP contribution in [0.25, 0.3) is 0 Å². The first-order valence-corrected chi connectivity index (χ1v) is 14.5. The molecule has 4 rings (SSSR count). The lowest BCUT2D eigenvalue weighted by Gasteiger charge is -2.24. The number of hydrogen-bond acceptors (Lipinski definition) is 6. The molecular weight excluding hydrogens is 562 g/mol. The van der Waals surface area contributed by atoms with Crippen molar-refractivity contribution in [2.75, 3.05) is 6.54 Å². The van der Waals surface area contributed by atoms with Crippen LogP contribution in [0.4, 0.5) is 0 Å². The molecule has 0 aromatic heterocycles. The van der Waals surface area contributed by atoms with Gasteiger partial charge in [-0.3, -0.25) is 24.0 Å². The molecule has 11 nitrogen and oxygen atoms in total. The average molecular weight is 600 g/mol. The van der Waals surface area contributed by atoms with Gasteiger partial charge in [-0.05, 0) is 42.7 Å². The van der Waals surface area contributed by atoms with Gasteiger partial charge in [0.25, 0.3) is 0 Å². The highest BCUT2D eigenvalue weighted by atomic mass is 16.5. The van der Waals surface area contributed by atoms with E-state index in [0.29, 0.717) is 12.4 Å². The van der Waals surface area contributed by atoms with Crippen LogP contribution >= 0.6 is 0 Å². The summed E-state index contributed by atoms with van der Waals surface area (Å²) in [7, 11) is 0. The standard InChI is InChI=1S/C33H37N5O6/c1-21-30(40)34-19-29(39)37-27(18-24-13-15-26(16-14-24)44-20-25-11-7-4-8-12-25)32(42)36-22(2)31(41)38-28(33(43)35-21)17-23-9-5-3-6-10-23/h3-16,21-22,27-28H,17-20H2,1-2H3,(H,34,40)(H,35,43)(H,36,42)(H,37,39)(H,38,41)/t21-,22-,27-,28-/m0/s1. The molecule has 1 aliphatic heterocycles. The lowest BCUT2D eigenvalue weighted by atomic mass is 10.0. The molecule has 0 spiro atoms. The van der Waals surface area contributed by atoms with Gasteiger partial charge in [-0.25, -0.2) is 0 Å². The summed E-state index contributed by atoms with van der Waals surface area (Å²) in [4.78, 5) is 65.0. The molecule has 5 amide bonds. The van der Waals surface area contributed by atoms with Gasteiger partial charge in [0.2, 0.25) is 29.5 Å². The van der Waals surface area contributed by atoms with Crippen LogP contribution in [0.2, 0.25) is 0 Å². The Morgan fingerprint density at radius 1 is 0.568 bits per heavy atom. The van der Waals surface area contributed by atoms with Crippen molar-refractivity contribution >= 4 is 29.5 Å². The zero-order valence-corrected chi connectivity index (χ0v) is 24.7. The normalized spacial score (nSPS) is 21.8. The smallest absolute Gasteiger partial charge is 0.243 e. The molecule has 3 aromatic carbocycles. The molecule has 44 heavy (non-hydrogen) atoms. The molecule has 0 radical (unpaired) electrons. The first kappa shape index (κ1) is 31.7. The second-order valence-corrected chi connectivity index (χ2v) is 10.7. The van der Waals surface area contributed by atoms with Gasteiger partial charge >= 0.3 is 0 Å². The highest BCUT2D eigenvalue weighted by molar-refractivity contribution is 5.97. The third-order valence-electron chi connectivity index (χ3n) is 7.11. The third-order valence-corrected chi connectivity index (χ3v) is 7.11. The minimum atomic E-state index is -1.05. The summed E-state index contributed by atoms with van der Waals surface area (Å²) in [6.07, 6.45) is 0.285. The molecule has 0 unspecified atom stereocenters. The van der Waals surface area contributed by atoms with Crippen LogP contribution in [0.15, 0.2) is 84.9 Å². The molecule has 3 aromatic rings. The Morgan fingerprint density at radius 3 is 1.66 bits per heavy atom. The minimum absolute atomic E-state index is 0.117. The molecule has 0 saturated carbocycles. The maximum absolute atomic E-state index is 13.3. The average Bonchev–Trinajstić information content (AvgIpc) is 3.03. The fourth-order valence-corrected chi connectivity index (χ4v) is 4.59. The van der Waals surface area contributed by atoms with E-state index in [1.165, 1.54) is 13.8 Å². The van der Waals surface area contributed by atoms with Gasteiger partial charge in [0.1, 0.15) is 36.5 Å². The van der Waals surface area contributed by atoms with E-state index in [-0.39, 0.29) is 12.8 Å². The number of rotatable bonds is 7. The van der Waals surface area contributed by atoms with E-state index in [9.17, 15) is 24.0 Å². The molecule has 1 saturated heterocycles. The Bertz CT molecular complexity index is 1450. The third kappa shape index (κ3) is 9.41. The van der Waals surface area contributed by atoms with Crippen LogP contribution in [0, 0.1) is 0 Å². The van der Waals surface area contributed by atoms with E-state index in [4.69, 9.17) is 4.74 Å². The zero-order valence-electron chi connectivity index (χ0n) is 24.7. The van der Waals surface area contributed by atoms with Gasteiger partial charge < -0.3 is 31.3 Å². The predicted octanol–water partition coefficient (Wildman–Crippen LogP) is 1.16. The summed E-state index contributed by atoms with van der Waals surface area (Å²) in [5, 5.41) is 13.1. The monoisotopic (exact) mass is 599 g/mol. The summed E-state index contributed by atoms with van der Waals surface area (Å²) >= 11 is 0. The van der Waals surface area contributed by atoms with Gasteiger partial charge in [0, 0.05) is 12.8 Å². The Balaban J connectivity index is 1.48. The summed E-state index contributed by atoms with van der Waals surface area (Å²) < 4.78 is 5.84. The Morgan fingerprint density at radius 2 is 1.07 bits per heavy atom. The SMILES string of the molecule is C[C@@H]1NC(=O)[C@H](Cc2ccc(OCc3ccccc3)cc2)NC(=O)CNC(=O)[C@H](C)NC(=O)[C@H](Cc2ccccc2)NC1=O. The Labute approximate surface area is 256 Å². The van der Waals surface area contributed by atoms with Crippen LogP contribution in [0.3, 0.4) is 0 Å². The number of carbonyl (C=O) groups is 5. The number of nitrogens with one attached hydrogen (secondary N) is 5. The summed E-state index contributed by atoms with van der Waals surface area (Å²) in [6.45, 7) is 2.97. The number of benzene rings is 3. The van der Waals surface area contributed by atoms with Gasteiger partial charge in [-0.2, -0.15) is 0 Å². The van der Waals surface area contributed by atoms with E-state index < -0.39 is 60.2 Å². The molecule has 11 heteroatoms. The quantitative estimate of drug-likeness (QED) is 0.275. The highest BCUT2D eigenvalue weighted by Crippen LogP contribution is 2.16. The molecule has 1 aliphatic rings. The second kappa shape index (κ2) is 15.3. The van der Waals surface area contributed by atoms with Crippen LogP contribution in [0.5, 0.6) is 5.75 Å². The Hall–Kier alpha value is -5.19. The van der Waals surface area contributed by atoms with Crippen molar-refractivity contribution in [3.05, 3.63) is 102 Å². The molecule has 0 bridgehead atoms. The van der Waals surface area contributed by atoms with Gasteiger partial charge in [-0.15, -0.1) is 0 Å². The largest absolute Gasteiger partial charge is 0.489 e. The van der Waals surface area contributed by atoms with Crippen LogP contribution in [-0.4, -0.2) is 60.2 Å². The van der Waals surface area contributed by atoms with Crippen molar-refractivity contribution in [2.24, 2.45) is 0 Å². The minimum Gasteiger partial charge on any atom is -0.489 e. The molecule has 4 atom stereocenters. The lowest BCUT2D eigenvalue weighted by molar-refractivity contribution is -0.133. The van der Waals surface area contributed by atoms with E-state index in [2.05, 4.69) is 26.6 Å². The number of ether oxygens (including phenoxy) is 1. The summed E-state index contributed by atoms with van der Waals surface area (Å²) in [5.74, 6) is -2.31. The van der Waals surface area contributed by atoms with Gasteiger partial charge in [-0.1, -0.05) is 72.8 Å². The fraction of sp³-hybridized carbons (Fsp3) is 0.303. The molecule has 5 N–H and O–H groups in total. The second-order valence-electron chi connectivity index (χ2n) is 10.7. The van der Waals surface area contributed by atoms with E-state index in [0.717, 1.165) is 16.7 Å². The lowest BCUT2D eigenvalue weighted by Crippen LogP contribution is -2.57. The van der Waals surface area contributed by atoms with Crippen LogP contribution in [0.1, 0.15) is 30.5 Å². The van der Waals surface area contributed by atoms with Crippen molar-refractivity contribution in [1.29, 1.82) is 0 Å². The van der Waals surface area contributed by atoms with Crippen LogP contribution in [-0.2, 0) is 43.4 Å². The molecular formula is C33H37N5O6. The fourth-order valence-electron chi connectivity index (χ4n) is 4.59. The van der Waals surface area contributed by atoms with Crippen molar-refractivity contribution in [1.82, 2.24) is 26.6 Å². The maximum Gasteiger partial charge on any atom is 0.243 e.